The number of carbonyl (C=O) groups is 1. The van der Waals surface area contributed by atoms with Crippen LogP contribution in [0, 0.1) is 0 Å². The van der Waals surface area contributed by atoms with Crippen molar-refractivity contribution in [3.8, 4) is 0 Å². The first-order valence-corrected chi connectivity index (χ1v) is 4.31. The van der Waals surface area contributed by atoms with E-state index in [0.717, 1.165) is 25.9 Å². The molecule has 2 amide bonds. The van der Waals surface area contributed by atoms with Crippen molar-refractivity contribution < 1.29 is 4.79 Å². The molecule has 0 aromatic rings. The van der Waals surface area contributed by atoms with Gasteiger partial charge < -0.3 is 4.90 Å². The van der Waals surface area contributed by atoms with Crippen LogP contribution in [0.1, 0.15) is 26.2 Å². The summed E-state index contributed by atoms with van der Waals surface area (Å²) in [7, 11) is 0. The van der Waals surface area contributed by atoms with E-state index in [1.807, 2.05) is 11.8 Å². The van der Waals surface area contributed by atoms with E-state index in [2.05, 4.69) is 5.32 Å². The normalized spacial score (nSPS) is 18.1. The van der Waals surface area contributed by atoms with E-state index in [1.165, 1.54) is 6.42 Å². The SMILES string of the molecule is CC[N]C(=O)N1CCCCC1. The number of rotatable bonds is 1. The predicted molar refractivity (Wildman–Crippen MR) is 43.5 cm³/mol. The maximum absolute atomic E-state index is 11.2. The van der Waals surface area contributed by atoms with E-state index in [4.69, 9.17) is 0 Å². The van der Waals surface area contributed by atoms with Crippen LogP contribution in [0.4, 0.5) is 4.79 Å². The highest BCUT2D eigenvalue weighted by molar-refractivity contribution is 5.73. The van der Waals surface area contributed by atoms with Crippen molar-refractivity contribution in [3.63, 3.8) is 0 Å². The molecule has 0 unspecified atom stereocenters. The standard InChI is InChI=1S/C8H15N2O/c1-2-9-8(11)10-6-4-3-5-7-10/h2-7H2,1H3. The molecule has 0 atom stereocenters. The van der Waals surface area contributed by atoms with Gasteiger partial charge in [0.1, 0.15) is 0 Å². The fourth-order valence-electron chi connectivity index (χ4n) is 1.32. The summed E-state index contributed by atoms with van der Waals surface area (Å²) in [6, 6.07) is -0.0211. The smallest absolute Gasteiger partial charge is 0.323 e. The third kappa shape index (κ3) is 2.41. The van der Waals surface area contributed by atoms with Crippen LogP contribution in [0.25, 0.3) is 0 Å². The van der Waals surface area contributed by atoms with Crippen molar-refractivity contribution >= 4 is 6.03 Å². The summed E-state index contributed by atoms with van der Waals surface area (Å²) in [5.41, 5.74) is 0. The zero-order valence-electron chi connectivity index (χ0n) is 7.05. The predicted octanol–water partition coefficient (Wildman–Crippen LogP) is 1.22. The summed E-state index contributed by atoms with van der Waals surface area (Å²) in [4.78, 5) is 13.0. The molecule has 63 valence electrons. The van der Waals surface area contributed by atoms with Gasteiger partial charge in [-0.05, 0) is 26.2 Å². The Morgan fingerprint density at radius 2 is 2.00 bits per heavy atom. The summed E-state index contributed by atoms with van der Waals surface area (Å²) in [5.74, 6) is 0. The molecule has 0 spiro atoms. The highest BCUT2D eigenvalue weighted by atomic mass is 16.2. The van der Waals surface area contributed by atoms with Crippen LogP contribution < -0.4 is 5.32 Å². The minimum Gasteiger partial charge on any atom is -0.323 e. The highest BCUT2D eigenvalue weighted by Crippen LogP contribution is 2.08. The summed E-state index contributed by atoms with van der Waals surface area (Å²) in [6.45, 7) is 4.31. The quantitative estimate of drug-likeness (QED) is 0.560. The molecule has 0 bridgehead atoms. The Balaban J connectivity index is 2.27. The van der Waals surface area contributed by atoms with Crippen LogP contribution in [0.2, 0.25) is 0 Å². The molecular formula is C8H15N2O. The second-order valence-electron chi connectivity index (χ2n) is 2.80. The Morgan fingerprint density at radius 1 is 1.36 bits per heavy atom. The molecule has 1 heterocycles. The van der Waals surface area contributed by atoms with Crippen molar-refractivity contribution in [1.82, 2.24) is 10.2 Å². The Bertz CT molecular complexity index is 130. The maximum Gasteiger partial charge on any atom is 0.338 e. The fraction of sp³-hybridized carbons (Fsp3) is 0.875. The van der Waals surface area contributed by atoms with Gasteiger partial charge in [0.05, 0.1) is 0 Å². The van der Waals surface area contributed by atoms with E-state index < -0.39 is 0 Å². The number of hydrogen-bond acceptors (Lipinski definition) is 1. The molecule has 0 aliphatic carbocycles. The molecule has 1 fully saturated rings. The first-order chi connectivity index (χ1) is 5.34. The van der Waals surface area contributed by atoms with Gasteiger partial charge in [-0.1, -0.05) is 0 Å². The number of amides is 2. The fourth-order valence-corrected chi connectivity index (χ4v) is 1.32. The third-order valence-corrected chi connectivity index (χ3v) is 1.92. The van der Waals surface area contributed by atoms with Gasteiger partial charge in [0.2, 0.25) is 0 Å². The van der Waals surface area contributed by atoms with E-state index in [1.54, 1.807) is 0 Å². The Hall–Kier alpha value is -0.730. The van der Waals surface area contributed by atoms with Crippen molar-refractivity contribution in [2.75, 3.05) is 19.6 Å². The van der Waals surface area contributed by atoms with Gasteiger partial charge in [-0.15, -0.1) is 0 Å². The Morgan fingerprint density at radius 3 is 2.55 bits per heavy atom. The zero-order valence-corrected chi connectivity index (χ0v) is 7.05. The molecule has 3 nitrogen and oxygen atoms in total. The second-order valence-corrected chi connectivity index (χ2v) is 2.80. The first-order valence-electron chi connectivity index (χ1n) is 4.31. The minimum atomic E-state index is -0.0211. The zero-order chi connectivity index (χ0) is 8.10. The van der Waals surface area contributed by atoms with Crippen LogP contribution in [-0.4, -0.2) is 30.6 Å². The lowest BCUT2D eigenvalue weighted by Crippen LogP contribution is -2.39. The second kappa shape index (κ2) is 4.21. The number of piperidine rings is 1. The van der Waals surface area contributed by atoms with Gasteiger partial charge in [0, 0.05) is 19.6 Å². The Labute approximate surface area is 67.8 Å². The van der Waals surface area contributed by atoms with Crippen LogP contribution in [-0.2, 0) is 0 Å². The molecule has 1 aliphatic rings. The van der Waals surface area contributed by atoms with E-state index in [-0.39, 0.29) is 6.03 Å². The number of likely N-dealkylation sites (tertiary alicyclic amines) is 1. The van der Waals surface area contributed by atoms with Crippen molar-refractivity contribution in [2.24, 2.45) is 0 Å². The number of urea groups is 1. The van der Waals surface area contributed by atoms with Gasteiger partial charge in [-0.25, -0.2) is 10.1 Å². The summed E-state index contributed by atoms with van der Waals surface area (Å²) >= 11 is 0. The molecule has 0 aromatic heterocycles. The monoisotopic (exact) mass is 155 g/mol. The van der Waals surface area contributed by atoms with Crippen molar-refractivity contribution in [3.05, 3.63) is 0 Å². The number of hydrogen-bond donors (Lipinski definition) is 0. The molecule has 11 heavy (non-hydrogen) atoms. The number of carbonyl (C=O) groups excluding carboxylic acids is 1. The van der Waals surface area contributed by atoms with E-state index >= 15 is 0 Å². The summed E-state index contributed by atoms with van der Waals surface area (Å²) in [5, 5.41) is 3.84. The highest BCUT2D eigenvalue weighted by Gasteiger charge is 2.15. The van der Waals surface area contributed by atoms with Crippen molar-refractivity contribution in [2.45, 2.75) is 26.2 Å². The number of nitrogens with zero attached hydrogens (tertiary/aromatic N) is 2. The third-order valence-electron chi connectivity index (χ3n) is 1.92. The van der Waals surface area contributed by atoms with Gasteiger partial charge in [0.25, 0.3) is 0 Å². The van der Waals surface area contributed by atoms with Gasteiger partial charge >= 0.3 is 6.03 Å². The van der Waals surface area contributed by atoms with Gasteiger partial charge in [-0.3, -0.25) is 0 Å². The maximum atomic E-state index is 11.2. The Kier molecular flexibility index (Phi) is 3.20. The minimum absolute atomic E-state index is 0.0211. The average molecular weight is 155 g/mol. The van der Waals surface area contributed by atoms with Crippen molar-refractivity contribution in [1.29, 1.82) is 0 Å². The molecule has 0 N–H and O–H groups in total. The van der Waals surface area contributed by atoms with Crippen LogP contribution in [0.5, 0.6) is 0 Å². The van der Waals surface area contributed by atoms with Gasteiger partial charge in [-0.2, -0.15) is 0 Å². The molecule has 0 aromatic carbocycles. The van der Waals surface area contributed by atoms with Crippen LogP contribution in [0.3, 0.4) is 0 Å². The molecule has 1 saturated heterocycles. The van der Waals surface area contributed by atoms with Crippen LogP contribution >= 0.6 is 0 Å². The van der Waals surface area contributed by atoms with Gasteiger partial charge in [0.15, 0.2) is 0 Å². The molecule has 1 aliphatic heterocycles. The topological polar surface area (TPSA) is 34.4 Å². The molecule has 0 saturated carbocycles. The lowest BCUT2D eigenvalue weighted by molar-refractivity contribution is 0.186. The summed E-state index contributed by atoms with van der Waals surface area (Å²) < 4.78 is 0. The summed E-state index contributed by atoms with van der Waals surface area (Å²) in [6.07, 6.45) is 3.55. The molecule has 3 heteroatoms. The lowest BCUT2D eigenvalue weighted by atomic mass is 10.1. The molecule has 1 radical (unpaired) electrons. The first kappa shape index (κ1) is 8.37. The average Bonchev–Trinajstić information content (AvgIpc) is 2.07. The largest absolute Gasteiger partial charge is 0.338 e. The van der Waals surface area contributed by atoms with Crippen LogP contribution in [0.15, 0.2) is 0 Å². The lowest BCUT2D eigenvalue weighted by Gasteiger charge is -2.25. The van der Waals surface area contributed by atoms with E-state index in [9.17, 15) is 4.79 Å². The molecular weight excluding hydrogens is 140 g/mol. The molecule has 1 rings (SSSR count). The van der Waals surface area contributed by atoms with E-state index in [0.29, 0.717) is 6.54 Å².